The highest BCUT2D eigenvalue weighted by Gasteiger charge is 2.50. The van der Waals surface area contributed by atoms with Crippen LogP contribution in [0.15, 0.2) is 35.6 Å². The number of fused-ring (bicyclic) bond motifs is 1. The van der Waals surface area contributed by atoms with Crippen molar-refractivity contribution in [3.05, 3.63) is 58.8 Å². The van der Waals surface area contributed by atoms with Crippen LogP contribution >= 0.6 is 0 Å². The summed E-state index contributed by atoms with van der Waals surface area (Å²) in [6, 6.07) is 5.77. The summed E-state index contributed by atoms with van der Waals surface area (Å²) < 4.78 is 77.6. The topological polar surface area (TPSA) is 125 Å². The minimum atomic E-state index is -5.57. The lowest BCUT2D eigenvalue weighted by Gasteiger charge is -2.29. The Balaban J connectivity index is 1.48. The van der Waals surface area contributed by atoms with Gasteiger partial charge in [0, 0.05) is 12.7 Å². The summed E-state index contributed by atoms with van der Waals surface area (Å²) in [6.07, 6.45) is 2.74. The van der Waals surface area contributed by atoms with E-state index in [9.17, 15) is 30.8 Å². The van der Waals surface area contributed by atoms with Crippen LogP contribution in [0.25, 0.3) is 5.65 Å². The van der Waals surface area contributed by atoms with Gasteiger partial charge in [0.1, 0.15) is 17.8 Å². The summed E-state index contributed by atoms with van der Waals surface area (Å²) in [5.74, 6) is -1.17. The van der Waals surface area contributed by atoms with Crippen LogP contribution in [-0.4, -0.2) is 53.0 Å². The molecule has 37 heavy (non-hydrogen) atoms. The number of alkyl halides is 3. The van der Waals surface area contributed by atoms with Gasteiger partial charge in [-0.2, -0.15) is 26.7 Å². The summed E-state index contributed by atoms with van der Waals surface area (Å²) >= 11 is 0. The predicted molar refractivity (Wildman–Crippen MR) is 129 cm³/mol. The van der Waals surface area contributed by atoms with Gasteiger partial charge in [-0.25, -0.2) is 13.7 Å². The van der Waals surface area contributed by atoms with Crippen LogP contribution in [0.2, 0.25) is 0 Å². The zero-order valence-corrected chi connectivity index (χ0v) is 20.6. The summed E-state index contributed by atoms with van der Waals surface area (Å²) in [5, 5.41) is 7.44. The number of hydrogen-bond donors (Lipinski definition) is 2. The molecule has 1 amide bonds. The van der Waals surface area contributed by atoms with Crippen molar-refractivity contribution in [1.82, 2.24) is 19.0 Å². The Hall–Kier alpha value is -3.88. The highest BCUT2D eigenvalue weighted by atomic mass is 32.2. The molecule has 10 nitrogen and oxygen atoms in total. The van der Waals surface area contributed by atoms with Crippen molar-refractivity contribution < 1.29 is 30.8 Å². The highest BCUT2D eigenvalue weighted by molar-refractivity contribution is 7.90. The molecule has 0 atom stereocenters. The number of anilines is 2. The fourth-order valence-corrected chi connectivity index (χ4v) is 4.66. The van der Waals surface area contributed by atoms with Gasteiger partial charge in [0.05, 0.1) is 30.2 Å². The van der Waals surface area contributed by atoms with E-state index in [0.717, 1.165) is 16.6 Å². The number of halogens is 4. The number of imidazole rings is 1. The van der Waals surface area contributed by atoms with Crippen LogP contribution in [0.5, 0.6) is 0 Å². The fraction of sp³-hybridized carbons (Fsp3) is 0.318. The van der Waals surface area contributed by atoms with E-state index in [2.05, 4.69) is 15.4 Å². The predicted octanol–water partition coefficient (Wildman–Crippen LogP) is 2.77. The van der Waals surface area contributed by atoms with Crippen molar-refractivity contribution in [3.8, 4) is 0 Å². The second-order valence-corrected chi connectivity index (χ2v) is 10.2. The molecule has 2 aromatic heterocycles. The normalized spacial score (nSPS) is 14.4. The smallest absolute Gasteiger partial charge is 0.396 e. The monoisotopic (exact) mass is 541 g/mol. The number of nitrogens with one attached hydrogen (secondary N) is 1. The Labute approximate surface area is 209 Å². The van der Waals surface area contributed by atoms with Crippen LogP contribution in [0.1, 0.15) is 34.2 Å². The lowest BCUT2D eigenvalue weighted by atomic mass is 10.1. The molecule has 1 aromatic carbocycles. The van der Waals surface area contributed by atoms with E-state index < -0.39 is 33.8 Å². The first-order valence-corrected chi connectivity index (χ1v) is 12.5. The molecule has 0 saturated heterocycles. The molecule has 0 unspecified atom stereocenters. The van der Waals surface area contributed by atoms with Gasteiger partial charge in [-0.1, -0.05) is 13.0 Å². The van der Waals surface area contributed by atoms with Gasteiger partial charge in [0.15, 0.2) is 5.65 Å². The van der Waals surface area contributed by atoms with Gasteiger partial charge < -0.3 is 11.1 Å². The summed E-state index contributed by atoms with van der Waals surface area (Å²) in [6.45, 7) is 2.82. The number of aryl methyl sites for hydroxylation is 2. The third kappa shape index (κ3) is 4.90. The first-order chi connectivity index (χ1) is 17.3. The maximum Gasteiger partial charge on any atom is 0.516 e. The van der Waals surface area contributed by atoms with Crippen LogP contribution in [0.3, 0.4) is 0 Å². The van der Waals surface area contributed by atoms with Gasteiger partial charge in [0.25, 0.3) is 5.91 Å². The molecule has 1 aliphatic heterocycles. The van der Waals surface area contributed by atoms with E-state index >= 15 is 0 Å². The number of pyridine rings is 1. The lowest BCUT2D eigenvalue weighted by molar-refractivity contribution is -0.0471. The Kier molecular flexibility index (Phi) is 6.75. The van der Waals surface area contributed by atoms with Gasteiger partial charge in [-0.15, -0.1) is 0 Å². The number of nitrogens with zero attached hydrogens (tertiary/aromatic N) is 5. The van der Waals surface area contributed by atoms with Crippen molar-refractivity contribution >= 4 is 39.3 Å². The number of hydrogen-bond acceptors (Lipinski definition) is 7. The molecular weight excluding hydrogens is 518 g/mol. The number of carbonyl (C=O) groups is 1. The molecule has 0 saturated carbocycles. The van der Waals surface area contributed by atoms with E-state index in [-0.39, 0.29) is 23.1 Å². The van der Waals surface area contributed by atoms with Crippen LogP contribution < -0.4 is 16.1 Å². The van der Waals surface area contributed by atoms with Gasteiger partial charge >= 0.3 is 15.5 Å². The molecule has 0 spiro atoms. The average Bonchev–Trinajstić information content (AvgIpc) is 3.21. The number of benzene rings is 1. The Morgan fingerprint density at radius 2 is 1.95 bits per heavy atom. The van der Waals surface area contributed by atoms with Crippen molar-refractivity contribution in [2.75, 3.05) is 23.8 Å². The maximum atomic E-state index is 14.8. The van der Waals surface area contributed by atoms with Gasteiger partial charge in [-0.05, 0) is 42.7 Å². The molecule has 198 valence electrons. The van der Waals surface area contributed by atoms with Gasteiger partial charge in [0.2, 0.25) is 0 Å². The first kappa shape index (κ1) is 26.2. The molecule has 15 heteroatoms. The number of nitrogens with two attached hydrogens (primary N) is 1. The Morgan fingerprint density at radius 3 is 2.54 bits per heavy atom. The number of sulfonamides is 1. The lowest BCUT2D eigenvalue weighted by Crippen LogP contribution is -2.46. The molecule has 3 aromatic rings. The second-order valence-electron chi connectivity index (χ2n) is 8.31. The van der Waals surface area contributed by atoms with E-state index in [1.807, 2.05) is 13.8 Å². The van der Waals surface area contributed by atoms with Crippen molar-refractivity contribution in [3.63, 3.8) is 0 Å². The largest absolute Gasteiger partial charge is 0.516 e. The quantitative estimate of drug-likeness (QED) is 0.463. The van der Waals surface area contributed by atoms with Crippen LogP contribution in [-0.2, 0) is 23.0 Å². The number of aromatic nitrogens is 2. The van der Waals surface area contributed by atoms with Crippen LogP contribution in [0, 0.1) is 12.7 Å². The van der Waals surface area contributed by atoms with E-state index in [0.29, 0.717) is 41.0 Å². The summed E-state index contributed by atoms with van der Waals surface area (Å²) in [5.41, 5.74) is 3.56. The molecule has 0 radical (unpaired) electrons. The number of amides is 1. The van der Waals surface area contributed by atoms with Crippen molar-refractivity contribution in [2.24, 2.45) is 5.10 Å². The minimum Gasteiger partial charge on any atom is -0.396 e. The molecule has 3 N–H and O–H groups in total. The minimum absolute atomic E-state index is 0.0193. The molecule has 4 rings (SSSR count). The number of nitrogen functional groups attached to an aromatic ring is 1. The SMILES string of the molecule is CCc1nc2c(N)cc(C)cn2c1C(=O)NCc1ccc(N2CCN(S(=O)(=O)C(F)(F)F)C=N2)c(F)c1. The molecule has 1 aliphatic rings. The van der Waals surface area contributed by atoms with Crippen molar-refractivity contribution in [1.29, 1.82) is 0 Å². The van der Waals surface area contributed by atoms with E-state index in [4.69, 9.17) is 5.73 Å². The fourth-order valence-electron chi connectivity index (χ4n) is 3.91. The molecular formula is C22H23F4N7O3S. The van der Waals surface area contributed by atoms with E-state index in [1.165, 1.54) is 12.1 Å². The summed E-state index contributed by atoms with van der Waals surface area (Å²) in [4.78, 5) is 17.5. The number of carbonyl (C=O) groups excluding carboxylic acids is 1. The third-order valence-electron chi connectivity index (χ3n) is 5.70. The van der Waals surface area contributed by atoms with Gasteiger partial charge in [-0.3, -0.25) is 14.2 Å². The zero-order chi connectivity index (χ0) is 27.1. The number of rotatable bonds is 6. The zero-order valence-electron chi connectivity index (χ0n) is 19.8. The average molecular weight is 542 g/mol. The molecule has 0 aliphatic carbocycles. The van der Waals surface area contributed by atoms with Crippen LogP contribution in [0.4, 0.5) is 28.9 Å². The second kappa shape index (κ2) is 9.53. The molecule has 0 bridgehead atoms. The standard InChI is InChI=1S/C22H23F4N7O3S/c1-3-17-19(32-11-13(2)8-16(27)20(32)30-17)21(34)28-10-14-4-5-18(15(23)9-14)33-7-6-31(12-29-33)37(35,36)22(24,25)26/h4-5,8-9,11-12H,3,6-7,10,27H2,1-2H3,(H,28,34). The first-order valence-electron chi connectivity index (χ1n) is 11.1. The maximum absolute atomic E-state index is 14.8. The Bertz CT molecular complexity index is 1500. The molecule has 0 fully saturated rings. The summed E-state index contributed by atoms with van der Waals surface area (Å²) in [7, 11) is -5.57. The number of hydrazone groups is 1. The Morgan fingerprint density at radius 1 is 1.22 bits per heavy atom. The molecule has 3 heterocycles. The van der Waals surface area contributed by atoms with E-state index in [1.54, 1.807) is 16.7 Å². The third-order valence-corrected chi connectivity index (χ3v) is 7.18. The van der Waals surface area contributed by atoms with Crippen molar-refractivity contribution in [2.45, 2.75) is 32.3 Å². The highest BCUT2D eigenvalue weighted by Crippen LogP contribution is 2.28.